The lowest BCUT2D eigenvalue weighted by Gasteiger charge is -2.25. The molecular formula is C43H45ClN4O10. The van der Waals surface area contributed by atoms with E-state index in [1.807, 2.05) is 78.9 Å². The summed E-state index contributed by atoms with van der Waals surface area (Å²) in [5.41, 5.74) is 3.36. The van der Waals surface area contributed by atoms with Crippen molar-refractivity contribution in [2.24, 2.45) is 0 Å². The number of likely N-dealkylation sites (tertiary alicyclic amines) is 1. The summed E-state index contributed by atoms with van der Waals surface area (Å²) in [7, 11) is 4.47. The molecule has 1 fully saturated rings. The average molecular weight is 813 g/mol. The molecule has 2 N–H and O–H groups in total. The van der Waals surface area contributed by atoms with Crippen LogP contribution in [0.2, 0.25) is 5.02 Å². The molecule has 0 spiro atoms. The number of hydrogen-bond acceptors (Lipinski definition) is 12. The highest BCUT2D eigenvalue weighted by atomic mass is 35.5. The molecule has 0 aliphatic carbocycles. The second-order valence-corrected chi connectivity index (χ2v) is 13.9. The molecule has 15 heteroatoms. The van der Waals surface area contributed by atoms with E-state index in [1.54, 1.807) is 32.4 Å². The number of carbonyl (C=O) groups excluding carboxylic acids is 3. The second-order valence-electron chi connectivity index (χ2n) is 13.5. The van der Waals surface area contributed by atoms with Crippen molar-refractivity contribution in [1.82, 2.24) is 20.7 Å². The minimum atomic E-state index is -0.635. The number of carbonyl (C=O) groups is 3. The minimum Gasteiger partial charge on any atom is -0.497 e. The SMILES string of the molecule is COC(=O)c1cc([C@@H]2CCN(C[C@@H](CNC(=O)c3ccc(OCc4ccc(OC)cc4)c(OCc4ccc(OC)cc4)c3Cl)NC(=O)OCc3ccccc3)C2)no1. The quantitative estimate of drug-likeness (QED) is 0.0893. The van der Waals surface area contributed by atoms with Gasteiger partial charge in [0.1, 0.15) is 31.3 Å². The lowest BCUT2D eigenvalue weighted by Crippen LogP contribution is -2.49. The molecule has 2 heterocycles. The second kappa shape index (κ2) is 20.3. The van der Waals surface area contributed by atoms with Crippen LogP contribution in [0.4, 0.5) is 4.79 Å². The van der Waals surface area contributed by atoms with Gasteiger partial charge in [-0.05, 0) is 66.1 Å². The van der Waals surface area contributed by atoms with Crippen molar-refractivity contribution in [3.63, 3.8) is 0 Å². The number of ether oxygens (including phenoxy) is 6. The van der Waals surface area contributed by atoms with Crippen LogP contribution in [0, 0.1) is 0 Å². The summed E-state index contributed by atoms with van der Waals surface area (Å²) < 4.78 is 38.4. The molecule has 1 saturated heterocycles. The first-order valence-electron chi connectivity index (χ1n) is 18.6. The van der Waals surface area contributed by atoms with E-state index >= 15 is 0 Å². The zero-order valence-corrected chi connectivity index (χ0v) is 33.2. The maximum absolute atomic E-state index is 13.8. The lowest BCUT2D eigenvalue weighted by atomic mass is 10.1. The van der Waals surface area contributed by atoms with E-state index in [4.69, 9.17) is 44.5 Å². The van der Waals surface area contributed by atoms with E-state index < -0.39 is 24.0 Å². The van der Waals surface area contributed by atoms with Gasteiger partial charge < -0.3 is 48.5 Å². The van der Waals surface area contributed by atoms with E-state index in [0.717, 1.165) is 28.9 Å². The number of hydrogen-bond donors (Lipinski definition) is 2. The van der Waals surface area contributed by atoms with Crippen molar-refractivity contribution in [2.75, 3.05) is 47.5 Å². The fourth-order valence-electron chi connectivity index (χ4n) is 6.36. The van der Waals surface area contributed by atoms with Gasteiger partial charge in [-0.25, -0.2) is 9.59 Å². The van der Waals surface area contributed by atoms with Crippen LogP contribution in [0.5, 0.6) is 23.0 Å². The number of nitrogens with one attached hydrogen (secondary N) is 2. The number of aromatic nitrogens is 1. The Hall–Kier alpha value is -6.25. The molecule has 1 aromatic heterocycles. The van der Waals surface area contributed by atoms with E-state index in [9.17, 15) is 14.4 Å². The van der Waals surface area contributed by atoms with Gasteiger partial charge in [0.15, 0.2) is 11.5 Å². The summed E-state index contributed by atoms with van der Waals surface area (Å²) >= 11 is 6.94. The van der Waals surface area contributed by atoms with Crippen molar-refractivity contribution in [3.8, 4) is 23.0 Å². The van der Waals surface area contributed by atoms with Gasteiger partial charge in [0, 0.05) is 31.6 Å². The number of alkyl carbamates (subject to hydrolysis) is 1. The Bertz CT molecular complexity index is 2130. The maximum atomic E-state index is 13.8. The third kappa shape index (κ3) is 11.2. The van der Waals surface area contributed by atoms with Crippen LogP contribution in [-0.4, -0.2) is 81.6 Å². The largest absolute Gasteiger partial charge is 0.497 e. The molecule has 5 aromatic rings. The molecule has 6 rings (SSSR count). The number of methoxy groups -OCH3 is 3. The molecular weight excluding hydrogens is 768 g/mol. The van der Waals surface area contributed by atoms with Gasteiger partial charge in [0.2, 0.25) is 5.76 Å². The summed E-state index contributed by atoms with van der Waals surface area (Å²) in [5.74, 6) is 0.906. The van der Waals surface area contributed by atoms with Crippen LogP contribution in [0.3, 0.4) is 0 Å². The molecule has 2 amide bonds. The molecule has 0 saturated carbocycles. The highest BCUT2D eigenvalue weighted by Crippen LogP contribution is 2.39. The number of halogens is 1. The summed E-state index contributed by atoms with van der Waals surface area (Å²) in [6, 6.07) is 28.4. The lowest BCUT2D eigenvalue weighted by molar-refractivity contribution is 0.0554. The Morgan fingerprint density at radius 3 is 2.16 bits per heavy atom. The highest BCUT2D eigenvalue weighted by molar-refractivity contribution is 6.35. The third-order valence-electron chi connectivity index (χ3n) is 9.53. The first-order chi connectivity index (χ1) is 28.2. The van der Waals surface area contributed by atoms with Crippen molar-refractivity contribution in [3.05, 3.63) is 136 Å². The molecule has 0 radical (unpaired) electrons. The van der Waals surface area contributed by atoms with E-state index in [1.165, 1.54) is 7.11 Å². The topological polar surface area (TPSA) is 160 Å². The molecule has 0 unspecified atom stereocenters. The average Bonchev–Trinajstić information content (AvgIpc) is 3.95. The van der Waals surface area contributed by atoms with Gasteiger partial charge in [-0.15, -0.1) is 0 Å². The monoisotopic (exact) mass is 812 g/mol. The molecule has 2 atom stereocenters. The molecule has 58 heavy (non-hydrogen) atoms. The van der Waals surface area contributed by atoms with Crippen molar-refractivity contribution in [1.29, 1.82) is 0 Å². The van der Waals surface area contributed by atoms with Gasteiger partial charge in [-0.2, -0.15) is 0 Å². The zero-order chi connectivity index (χ0) is 40.9. The van der Waals surface area contributed by atoms with Gasteiger partial charge in [-0.3, -0.25) is 4.79 Å². The number of nitrogens with zero attached hydrogens (tertiary/aromatic N) is 2. The Labute approximate surface area is 341 Å². The standard InChI is InChI=1S/C43H45ClN4O10/c1-52-33-13-9-29(10-14-33)25-55-37-18-17-35(39(44)40(37)56-26-30-11-15-34(53-2)16-12-30)41(49)45-22-32(46-43(51)57-27-28-7-5-4-6-8-28)24-48-20-19-31(23-48)36-21-38(58-47-36)42(50)54-3/h4-18,21,31-32H,19-20,22-27H2,1-3H3,(H,45,49)(H,46,51)/t31-,32-/m1/s1. The van der Waals surface area contributed by atoms with Crippen LogP contribution < -0.4 is 29.6 Å². The number of benzene rings is 4. The van der Waals surface area contributed by atoms with E-state index in [2.05, 4.69) is 20.7 Å². The molecule has 304 valence electrons. The van der Waals surface area contributed by atoms with Gasteiger partial charge >= 0.3 is 12.1 Å². The van der Waals surface area contributed by atoms with Crippen LogP contribution in [0.15, 0.2) is 102 Å². The Kier molecular flexibility index (Phi) is 14.5. The summed E-state index contributed by atoms with van der Waals surface area (Å²) in [6.07, 6.45) is 0.107. The Morgan fingerprint density at radius 2 is 1.50 bits per heavy atom. The number of esters is 1. The predicted octanol–water partition coefficient (Wildman–Crippen LogP) is 6.80. The summed E-state index contributed by atoms with van der Waals surface area (Å²) in [4.78, 5) is 40.9. The summed E-state index contributed by atoms with van der Waals surface area (Å²) in [6.45, 7) is 2.10. The van der Waals surface area contributed by atoms with Crippen molar-refractivity contribution < 1.29 is 47.3 Å². The van der Waals surface area contributed by atoms with Crippen LogP contribution >= 0.6 is 11.6 Å². The van der Waals surface area contributed by atoms with Crippen molar-refractivity contribution >= 4 is 29.6 Å². The first-order valence-corrected chi connectivity index (χ1v) is 19.0. The molecule has 14 nitrogen and oxygen atoms in total. The minimum absolute atomic E-state index is 0.0111. The molecule has 1 aliphatic heterocycles. The Morgan fingerprint density at radius 1 is 0.845 bits per heavy atom. The first kappa shape index (κ1) is 41.4. The molecule has 0 bridgehead atoms. The maximum Gasteiger partial charge on any atom is 0.407 e. The smallest absolute Gasteiger partial charge is 0.407 e. The zero-order valence-electron chi connectivity index (χ0n) is 32.4. The van der Waals surface area contributed by atoms with Crippen LogP contribution in [0.25, 0.3) is 0 Å². The number of rotatable bonds is 18. The van der Waals surface area contributed by atoms with E-state index in [-0.39, 0.29) is 54.4 Å². The van der Waals surface area contributed by atoms with Gasteiger partial charge in [0.05, 0.1) is 43.7 Å². The third-order valence-corrected chi connectivity index (χ3v) is 9.90. The predicted molar refractivity (Wildman–Crippen MR) is 214 cm³/mol. The van der Waals surface area contributed by atoms with Crippen LogP contribution in [0.1, 0.15) is 55.6 Å². The normalized spacial score (nSPS) is 14.2. The Balaban J connectivity index is 1.16. The molecule has 4 aromatic carbocycles. The van der Waals surface area contributed by atoms with Gasteiger partial charge in [0.25, 0.3) is 5.91 Å². The summed E-state index contributed by atoms with van der Waals surface area (Å²) in [5, 5.41) is 9.99. The van der Waals surface area contributed by atoms with E-state index in [0.29, 0.717) is 36.8 Å². The van der Waals surface area contributed by atoms with Crippen molar-refractivity contribution in [2.45, 2.75) is 38.2 Å². The fraction of sp³-hybridized carbons (Fsp3) is 0.302. The van der Waals surface area contributed by atoms with Crippen LogP contribution in [-0.2, 0) is 29.3 Å². The number of amides is 2. The highest BCUT2D eigenvalue weighted by Gasteiger charge is 2.30. The fourth-order valence-corrected chi connectivity index (χ4v) is 6.65. The van der Waals surface area contributed by atoms with Gasteiger partial charge in [-0.1, -0.05) is 71.4 Å². The molecule has 1 aliphatic rings.